The van der Waals surface area contributed by atoms with Gasteiger partial charge in [-0.2, -0.15) is 13.2 Å². The van der Waals surface area contributed by atoms with Crippen LogP contribution in [-0.4, -0.2) is 17.4 Å². The van der Waals surface area contributed by atoms with Gasteiger partial charge in [-0.05, 0) is 89.2 Å². The normalized spacial score (nSPS) is 14.1. The van der Waals surface area contributed by atoms with Gasteiger partial charge < -0.3 is 4.90 Å². The zero-order chi connectivity index (χ0) is 27.0. The SMILES string of the molecule is CC(C)(C)c1ccc(CN(CCc2cc(F)cc(C(F)(F)F)c2)C(=O)c2cc(Cl)cc(C3CC3)c2)cc1. The molecule has 1 aliphatic carbocycles. The van der Waals surface area contributed by atoms with Crippen LogP contribution < -0.4 is 0 Å². The number of hydrogen-bond acceptors (Lipinski definition) is 1. The molecule has 2 nitrogen and oxygen atoms in total. The molecule has 1 amide bonds. The number of amides is 1. The lowest BCUT2D eigenvalue weighted by Crippen LogP contribution is -2.32. The molecule has 0 atom stereocenters. The molecule has 7 heteroatoms. The molecule has 1 fully saturated rings. The molecule has 1 aliphatic rings. The van der Waals surface area contributed by atoms with Crippen molar-refractivity contribution in [2.75, 3.05) is 6.54 Å². The lowest BCUT2D eigenvalue weighted by Gasteiger charge is -2.25. The summed E-state index contributed by atoms with van der Waals surface area (Å²) in [6.07, 6.45) is -2.47. The Kier molecular flexibility index (Phi) is 7.70. The van der Waals surface area contributed by atoms with Crippen molar-refractivity contribution in [2.24, 2.45) is 0 Å². The predicted octanol–water partition coefficient (Wildman–Crippen LogP) is 8.56. The zero-order valence-electron chi connectivity index (χ0n) is 21.1. The van der Waals surface area contributed by atoms with Gasteiger partial charge in [0.15, 0.2) is 0 Å². The van der Waals surface area contributed by atoms with Gasteiger partial charge in [-0.1, -0.05) is 56.6 Å². The van der Waals surface area contributed by atoms with Crippen LogP contribution in [0.2, 0.25) is 5.02 Å². The summed E-state index contributed by atoms with van der Waals surface area (Å²) in [5, 5.41) is 0.474. The third kappa shape index (κ3) is 7.13. The quantitative estimate of drug-likeness (QED) is 0.280. The van der Waals surface area contributed by atoms with E-state index in [1.54, 1.807) is 11.0 Å². The molecule has 0 bridgehead atoms. The number of alkyl halides is 3. The number of halogens is 5. The van der Waals surface area contributed by atoms with Gasteiger partial charge in [0.2, 0.25) is 0 Å². The molecule has 3 aromatic rings. The summed E-state index contributed by atoms with van der Waals surface area (Å²) in [6.45, 7) is 6.72. The highest BCUT2D eigenvalue weighted by molar-refractivity contribution is 6.31. The van der Waals surface area contributed by atoms with Crippen LogP contribution in [0.4, 0.5) is 17.6 Å². The molecule has 1 saturated carbocycles. The van der Waals surface area contributed by atoms with Crippen LogP contribution in [0.15, 0.2) is 60.7 Å². The van der Waals surface area contributed by atoms with Crippen molar-refractivity contribution in [1.29, 1.82) is 0 Å². The lowest BCUT2D eigenvalue weighted by molar-refractivity contribution is -0.137. The molecule has 0 spiro atoms. The molecule has 0 radical (unpaired) electrons. The van der Waals surface area contributed by atoms with Gasteiger partial charge in [-0.15, -0.1) is 0 Å². The molecule has 0 aliphatic heterocycles. The first-order valence-corrected chi connectivity index (χ1v) is 12.7. The minimum absolute atomic E-state index is 0.0262. The smallest absolute Gasteiger partial charge is 0.334 e. The Bertz CT molecular complexity index is 1270. The Hall–Kier alpha value is -2.86. The van der Waals surface area contributed by atoms with Crippen LogP contribution in [0, 0.1) is 5.82 Å². The van der Waals surface area contributed by atoms with Gasteiger partial charge >= 0.3 is 6.18 Å². The van der Waals surface area contributed by atoms with Crippen molar-refractivity contribution in [3.63, 3.8) is 0 Å². The molecule has 3 aromatic carbocycles. The van der Waals surface area contributed by atoms with E-state index < -0.39 is 17.6 Å². The topological polar surface area (TPSA) is 20.3 Å². The average molecular weight is 532 g/mol. The van der Waals surface area contributed by atoms with E-state index >= 15 is 0 Å². The van der Waals surface area contributed by atoms with E-state index in [1.807, 2.05) is 36.4 Å². The van der Waals surface area contributed by atoms with Crippen LogP contribution in [0.1, 0.15) is 77.7 Å². The van der Waals surface area contributed by atoms with Crippen molar-refractivity contribution >= 4 is 17.5 Å². The van der Waals surface area contributed by atoms with Crippen LogP contribution in [0.5, 0.6) is 0 Å². The van der Waals surface area contributed by atoms with Gasteiger partial charge in [-0.25, -0.2) is 4.39 Å². The molecule has 0 heterocycles. The molecule has 0 aromatic heterocycles. The van der Waals surface area contributed by atoms with E-state index in [0.29, 0.717) is 22.6 Å². The summed E-state index contributed by atoms with van der Waals surface area (Å²) in [5.74, 6) is -0.821. The second-order valence-corrected chi connectivity index (χ2v) is 11.3. The molecule has 4 rings (SSSR count). The summed E-state index contributed by atoms with van der Waals surface area (Å²) in [6, 6.07) is 15.8. The minimum atomic E-state index is -4.65. The fraction of sp³-hybridized carbons (Fsp3) is 0.367. The monoisotopic (exact) mass is 531 g/mol. The summed E-state index contributed by atoms with van der Waals surface area (Å²) >= 11 is 6.32. The van der Waals surface area contributed by atoms with Gasteiger partial charge in [-0.3, -0.25) is 4.79 Å². The second-order valence-electron chi connectivity index (χ2n) is 10.8. The van der Waals surface area contributed by atoms with E-state index in [2.05, 4.69) is 20.8 Å². The largest absolute Gasteiger partial charge is 0.416 e. The van der Waals surface area contributed by atoms with Gasteiger partial charge in [0, 0.05) is 23.7 Å². The molecule has 0 N–H and O–H groups in total. The maximum absolute atomic E-state index is 14.0. The van der Waals surface area contributed by atoms with E-state index in [0.717, 1.165) is 41.7 Å². The number of hydrogen-bond donors (Lipinski definition) is 0. The fourth-order valence-corrected chi connectivity index (χ4v) is 4.62. The van der Waals surface area contributed by atoms with E-state index in [9.17, 15) is 22.4 Å². The summed E-state index contributed by atoms with van der Waals surface area (Å²) in [4.78, 5) is 15.2. The number of carbonyl (C=O) groups excluding carboxylic acids is 1. The predicted molar refractivity (Wildman–Crippen MR) is 138 cm³/mol. The maximum atomic E-state index is 14.0. The minimum Gasteiger partial charge on any atom is -0.334 e. The first kappa shape index (κ1) is 27.2. The Morgan fingerprint density at radius 1 is 0.919 bits per heavy atom. The van der Waals surface area contributed by atoms with Gasteiger partial charge in [0.25, 0.3) is 5.91 Å². The number of benzene rings is 3. The second kappa shape index (κ2) is 10.5. The van der Waals surface area contributed by atoms with Crippen molar-refractivity contribution in [3.8, 4) is 0 Å². The summed E-state index contributed by atoms with van der Waals surface area (Å²) in [7, 11) is 0. The van der Waals surface area contributed by atoms with Crippen molar-refractivity contribution in [1.82, 2.24) is 4.90 Å². The molecular weight excluding hydrogens is 502 g/mol. The molecule has 0 unspecified atom stereocenters. The van der Waals surface area contributed by atoms with Crippen molar-refractivity contribution in [3.05, 3.63) is 105 Å². The zero-order valence-corrected chi connectivity index (χ0v) is 21.9. The van der Waals surface area contributed by atoms with Crippen LogP contribution >= 0.6 is 11.6 Å². The Morgan fingerprint density at radius 2 is 1.59 bits per heavy atom. The van der Waals surface area contributed by atoms with Gasteiger partial charge in [0.1, 0.15) is 5.82 Å². The average Bonchev–Trinajstić information content (AvgIpc) is 3.65. The molecule has 37 heavy (non-hydrogen) atoms. The number of rotatable bonds is 7. The third-order valence-corrected chi connectivity index (χ3v) is 6.87. The van der Waals surface area contributed by atoms with Gasteiger partial charge in [0.05, 0.1) is 5.56 Å². The number of nitrogens with zero attached hydrogens (tertiary/aromatic N) is 1. The lowest BCUT2D eigenvalue weighted by atomic mass is 9.87. The first-order chi connectivity index (χ1) is 17.3. The van der Waals surface area contributed by atoms with E-state index in [-0.39, 0.29) is 36.4 Å². The van der Waals surface area contributed by atoms with Crippen LogP contribution in [-0.2, 0) is 24.6 Å². The first-order valence-electron chi connectivity index (χ1n) is 12.4. The Labute approximate surface area is 220 Å². The highest BCUT2D eigenvalue weighted by Crippen LogP contribution is 2.41. The maximum Gasteiger partial charge on any atom is 0.416 e. The molecule has 196 valence electrons. The van der Waals surface area contributed by atoms with Crippen LogP contribution in [0.3, 0.4) is 0 Å². The highest BCUT2D eigenvalue weighted by Gasteiger charge is 2.31. The highest BCUT2D eigenvalue weighted by atomic mass is 35.5. The standard InChI is InChI=1S/C30H30ClF4NO/c1-29(2,3)24-8-4-19(5-9-24)18-36(11-10-20-12-25(30(33,34)35)17-27(32)13-20)28(37)23-14-22(21-6-7-21)15-26(31)16-23/h4-5,8-9,12-17,21H,6-7,10-11,18H2,1-3H3. The Balaban J connectivity index is 1.61. The third-order valence-electron chi connectivity index (χ3n) is 6.65. The van der Waals surface area contributed by atoms with Crippen LogP contribution in [0.25, 0.3) is 0 Å². The Morgan fingerprint density at radius 3 is 2.19 bits per heavy atom. The number of carbonyl (C=O) groups is 1. The summed E-state index contributed by atoms with van der Waals surface area (Å²) in [5.41, 5.74) is 2.61. The fourth-order valence-electron chi connectivity index (χ4n) is 4.38. The van der Waals surface area contributed by atoms with E-state index in [1.165, 1.54) is 0 Å². The molecular formula is C30H30ClF4NO. The molecule has 0 saturated heterocycles. The van der Waals surface area contributed by atoms with Crippen molar-refractivity contribution in [2.45, 2.75) is 64.1 Å². The van der Waals surface area contributed by atoms with E-state index in [4.69, 9.17) is 11.6 Å². The van der Waals surface area contributed by atoms with Crippen molar-refractivity contribution < 1.29 is 22.4 Å². The summed E-state index contributed by atoms with van der Waals surface area (Å²) < 4.78 is 53.6.